The molecule has 0 fully saturated rings. The van der Waals surface area contributed by atoms with E-state index in [9.17, 15) is 14.7 Å². The van der Waals surface area contributed by atoms with Crippen LogP contribution in [0.4, 0.5) is 0 Å². The summed E-state index contributed by atoms with van der Waals surface area (Å²) in [5, 5.41) is 18.6. The maximum absolute atomic E-state index is 11.5. The molecule has 2 atom stereocenters. The number of terminal acetylenes is 1. The van der Waals surface area contributed by atoms with Gasteiger partial charge < -0.3 is 14.9 Å². The number of aromatic carboxylic acids is 1. The molecular formula is C33H35NO5. The van der Waals surface area contributed by atoms with Crippen LogP contribution in [0.5, 0.6) is 5.75 Å². The van der Waals surface area contributed by atoms with Crippen LogP contribution in [0.1, 0.15) is 76.9 Å². The highest BCUT2D eigenvalue weighted by molar-refractivity contribution is 5.88. The number of ether oxygens (including phenoxy) is 1. The van der Waals surface area contributed by atoms with Crippen LogP contribution in [0.2, 0.25) is 0 Å². The number of carbonyl (C=O) groups is 2. The number of aryl methyl sites for hydroxylation is 1. The molecule has 0 saturated heterocycles. The van der Waals surface area contributed by atoms with Crippen LogP contribution in [0, 0.1) is 12.3 Å². The van der Waals surface area contributed by atoms with Crippen LogP contribution >= 0.6 is 0 Å². The normalized spacial score (nSPS) is 15.2. The van der Waals surface area contributed by atoms with Crippen molar-refractivity contribution in [3.05, 3.63) is 101 Å². The minimum absolute atomic E-state index is 0.150. The van der Waals surface area contributed by atoms with E-state index in [-0.39, 0.29) is 12.5 Å². The van der Waals surface area contributed by atoms with Gasteiger partial charge in [-0.3, -0.25) is 9.69 Å². The molecule has 6 nitrogen and oxygen atoms in total. The first-order valence-electron chi connectivity index (χ1n) is 13.5. The van der Waals surface area contributed by atoms with Crippen molar-refractivity contribution in [2.75, 3.05) is 13.1 Å². The van der Waals surface area contributed by atoms with Crippen LogP contribution in [0.3, 0.4) is 0 Å². The highest BCUT2D eigenvalue weighted by atomic mass is 16.5. The first-order valence-corrected chi connectivity index (χ1v) is 13.5. The van der Waals surface area contributed by atoms with Crippen molar-refractivity contribution in [2.45, 2.75) is 57.1 Å². The predicted octanol–water partition coefficient (Wildman–Crippen LogP) is 6.32. The lowest BCUT2D eigenvalue weighted by Crippen LogP contribution is -2.34. The second-order valence-electron chi connectivity index (χ2n) is 9.95. The summed E-state index contributed by atoms with van der Waals surface area (Å²) in [6, 6.07) is 23.3. The number of aliphatic carboxylic acids is 1. The van der Waals surface area contributed by atoms with Crippen LogP contribution in [-0.4, -0.2) is 40.1 Å². The molecule has 0 spiro atoms. The van der Waals surface area contributed by atoms with Crippen LogP contribution in [-0.2, 0) is 17.6 Å². The second kappa shape index (κ2) is 13.6. The number of benzene rings is 3. The van der Waals surface area contributed by atoms with Gasteiger partial charge in [0.2, 0.25) is 0 Å². The molecule has 0 aliphatic heterocycles. The predicted molar refractivity (Wildman–Crippen MR) is 151 cm³/mol. The highest BCUT2D eigenvalue weighted by Gasteiger charge is 2.27. The molecule has 1 aliphatic carbocycles. The Labute approximate surface area is 230 Å². The number of hydrogen-bond acceptors (Lipinski definition) is 4. The Hall–Kier alpha value is -4.08. The summed E-state index contributed by atoms with van der Waals surface area (Å²) < 4.78 is 6.30. The topological polar surface area (TPSA) is 87.1 Å². The maximum atomic E-state index is 11.5. The summed E-state index contributed by atoms with van der Waals surface area (Å²) in [4.78, 5) is 25.0. The number of unbranched alkanes of at least 4 members (excludes halogenated alkanes) is 1. The molecule has 4 rings (SSSR count). The van der Waals surface area contributed by atoms with Crippen molar-refractivity contribution in [1.29, 1.82) is 0 Å². The van der Waals surface area contributed by atoms with Crippen molar-refractivity contribution < 1.29 is 24.5 Å². The Bertz CT molecular complexity index is 1310. The van der Waals surface area contributed by atoms with Gasteiger partial charge in [-0.15, -0.1) is 6.42 Å². The number of carboxylic acids is 2. The fourth-order valence-corrected chi connectivity index (χ4v) is 5.36. The molecule has 6 heteroatoms. The summed E-state index contributed by atoms with van der Waals surface area (Å²) in [6.45, 7) is 1.52. The lowest BCUT2D eigenvalue weighted by molar-refractivity contribution is -0.137. The van der Waals surface area contributed by atoms with Crippen molar-refractivity contribution in [2.24, 2.45) is 0 Å². The van der Waals surface area contributed by atoms with Gasteiger partial charge in [-0.2, -0.15) is 0 Å². The molecule has 0 aromatic heterocycles. The van der Waals surface area contributed by atoms with Gasteiger partial charge in [0.05, 0.1) is 5.56 Å². The van der Waals surface area contributed by atoms with Crippen molar-refractivity contribution >= 4 is 11.9 Å². The molecule has 39 heavy (non-hydrogen) atoms. The number of carboxylic acid groups (broad SMARTS) is 2. The molecule has 0 heterocycles. The molecule has 202 valence electrons. The second-order valence-corrected chi connectivity index (χ2v) is 9.95. The zero-order chi connectivity index (χ0) is 27.6. The van der Waals surface area contributed by atoms with Gasteiger partial charge in [0.25, 0.3) is 0 Å². The molecular weight excluding hydrogens is 490 g/mol. The number of para-hydroxylation sites is 1. The largest absolute Gasteiger partial charge is 0.481 e. The van der Waals surface area contributed by atoms with E-state index in [1.807, 2.05) is 54.6 Å². The molecule has 2 N–H and O–H groups in total. The monoisotopic (exact) mass is 525 g/mol. The first kappa shape index (κ1) is 27.9. The van der Waals surface area contributed by atoms with E-state index in [1.54, 1.807) is 12.1 Å². The Morgan fingerprint density at radius 1 is 1.00 bits per heavy atom. The number of rotatable bonds is 13. The quantitative estimate of drug-likeness (QED) is 0.201. The number of fused-ring (bicyclic) bond motifs is 1. The molecule has 2 unspecified atom stereocenters. The summed E-state index contributed by atoms with van der Waals surface area (Å²) in [6.07, 6.45) is 10.4. The Balaban J connectivity index is 1.53. The van der Waals surface area contributed by atoms with Gasteiger partial charge in [0.1, 0.15) is 5.75 Å². The van der Waals surface area contributed by atoms with E-state index in [1.165, 1.54) is 5.56 Å². The summed E-state index contributed by atoms with van der Waals surface area (Å²) in [7, 11) is 0. The van der Waals surface area contributed by atoms with Crippen molar-refractivity contribution in [3.63, 3.8) is 0 Å². The molecule has 1 aliphatic rings. The zero-order valence-electron chi connectivity index (χ0n) is 22.1. The average molecular weight is 526 g/mol. The van der Waals surface area contributed by atoms with E-state index in [0.717, 1.165) is 67.6 Å². The average Bonchev–Trinajstić information content (AvgIpc) is 2.95. The fraction of sp³-hybridized carbons (Fsp3) is 0.333. The van der Waals surface area contributed by atoms with Crippen LogP contribution in [0.25, 0.3) is 0 Å². The Kier molecular flexibility index (Phi) is 9.77. The molecule has 3 aromatic carbocycles. The fourth-order valence-electron chi connectivity index (χ4n) is 5.36. The molecule has 0 amide bonds. The van der Waals surface area contributed by atoms with E-state index in [0.29, 0.717) is 12.0 Å². The van der Waals surface area contributed by atoms with E-state index < -0.39 is 18.0 Å². The molecule has 0 saturated carbocycles. The highest BCUT2D eigenvalue weighted by Crippen LogP contribution is 2.36. The van der Waals surface area contributed by atoms with Gasteiger partial charge in [-0.05, 0) is 80.0 Å². The lowest BCUT2D eigenvalue weighted by atomic mass is 9.85. The number of nitrogens with zero attached hydrogens (tertiary/aromatic N) is 1. The van der Waals surface area contributed by atoms with E-state index in [4.69, 9.17) is 16.3 Å². The zero-order valence-corrected chi connectivity index (χ0v) is 22.1. The van der Waals surface area contributed by atoms with Gasteiger partial charge in [-0.25, -0.2) is 4.79 Å². The van der Waals surface area contributed by atoms with Gasteiger partial charge >= 0.3 is 11.9 Å². The summed E-state index contributed by atoms with van der Waals surface area (Å²) >= 11 is 0. The minimum atomic E-state index is -0.914. The standard InChI is InChI=1S/C33H35NO5/c1-2-30(24-11-4-3-5-12-24)39-31-16-7-6-13-25(31)20-22-34(21-9-8-17-32(35)36)29-15-10-14-26-23-27(33(37)38)18-19-28(26)29/h1,3-7,11-13,16,18-19,23,29-30H,8-10,14-15,17,20-22H2,(H,35,36)(H,37,38). The Morgan fingerprint density at radius 2 is 1.77 bits per heavy atom. The third-order valence-corrected chi connectivity index (χ3v) is 7.34. The summed E-state index contributed by atoms with van der Waals surface area (Å²) in [5.74, 6) is 1.82. The maximum Gasteiger partial charge on any atom is 0.335 e. The van der Waals surface area contributed by atoms with E-state index >= 15 is 0 Å². The van der Waals surface area contributed by atoms with Crippen molar-refractivity contribution in [1.82, 2.24) is 4.90 Å². The first-order chi connectivity index (χ1) is 19.0. The van der Waals surface area contributed by atoms with Gasteiger partial charge in [0, 0.05) is 24.6 Å². The molecule has 0 bridgehead atoms. The van der Waals surface area contributed by atoms with Crippen LogP contribution < -0.4 is 4.74 Å². The third kappa shape index (κ3) is 7.49. The number of hydrogen-bond donors (Lipinski definition) is 2. The third-order valence-electron chi connectivity index (χ3n) is 7.34. The molecule has 3 aromatic rings. The van der Waals surface area contributed by atoms with E-state index in [2.05, 4.69) is 16.9 Å². The van der Waals surface area contributed by atoms with Gasteiger partial charge in [0.15, 0.2) is 6.10 Å². The minimum Gasteiger partial charge on any atom is -0.481 e. The van der Waals surface area contributed by atoms with Gasteiger partial charge in [-0.1, -0.05) is 60.5 Å². The van der Waals surface area contributed by atoms with Crippen LogP contribution in [0.15, 0.2) is 72.8 Å². The van der Waals surface area contributed by atoms with Crippen molar-refractivity contribution in [3.8, 4) is 18.1 Å². The smallest absolute Gasteiger partial charge is 0.335 e. The Morgan fingerprint density at radius 3 is 2.51 bits per heavy atom. The molecule has 0 radical (unpaired) electrons. The summed E-state index contributed by atoms with van der Waals surface area (Å²) in [5.41, 5.74) is 4.56. The SMILES string of the molecule is C#CC(Oc1ccccc1CCN(CCCCC(=O)O)C1CCCc2cc(C(=O)O)ccc21)c1ccccc1. The lowest BCUT2D eigenvalue weighted by Gasteiger charge is -2.36.